The Labute approximate surface area is 167 Å². The number of pyridine rings is 1. The van der Waals surface area contributed by atoms with Gasteiger partial charge in [0.1, 0.15) is 12.3 Å². The summed E-state index contributed by atoms with van der Waals surface area (Å²) >= 11 is 5.99. The van der Waals surface area contributed by atoms with E-state index in [1.807, 2.05) is 47.9 Å². The van der Waals surface area contributed by atoms with Crippen LogP contribution in [0.3, 0.4) is 0 Å². The highest BCUT2D eigenvalue weighted by molar-refractivity contribution is 6.30. The van der Waals surface area contributed by atoms with Crippen LogP contribution < -0.4 is 14.8 Å². The first-order valence-corrected chi connectivity index (χ1v) is 9.54. The van der Waals surface area contributed by atoms with E-state index < -0.39 is 0 Å². The molecule has 2 aromatic heterocycles. The van der Waals surface area contributed by atoms with E-state index in [4.69, 9.17) is 21.1 Å². The van der Waals surface area contributed by atoms with Gasteiger partial charge in [0.15, 0.2) is 17.6 Å². The van der Waals surface area contributed by atoms with Crippen molar-refractivity contribution in [3.05, 3.63) is 59.5 Å². The lowest BCUT2D eigenvalue weighted by atomic mass is 10.2. The molecule has 4 rings (SSSR count). The number of imidazole rings is 1. The third-order valence-corrected chi connectivity index (χ3v) is 4.77. The third-order valence-electron chi connectivity index (χ3n) is 4.55. The molecule has 2 amide bonds. The zero-order valence-corrected chi connectivity index (χ0v) is 16.2. The van der Waals surface area contributed by atoms with Crippen molar-refractivity contribution in [2.45, 2.75) is 19.6 Å². The Bertz CT molecular complexity index is 990. The van der Waals surface area contributed by atoms with Gasteiger partial charge in [0.2, 0.25) is 0 Å². The monoisotopic (exact) mass is 400 g/mol. The summed E-state index contributed by atoms with van der Waals surface area (Å²) in [6, 6.07) is 11.0. The molecule has 28 heavy (non-hydrogen) atoms. The van der Waals surface area contributed by atoms with Crippen molar-refractivity contribution in [1.82, 2.24) is 19.6 Å². The minimum absolute atomic E-state index is 0.167. The number of hydrogen-bond donors (Lipinski definition) is 1. The predicted molar refractivity (Wildman–Crippen MR) is 106 cm³/mol. The molecular formula is C20H21ClN4O3. The Morgan fingerprint density at radius 3 is 2.93 bits per heavy atom. The van der Waals surface area contributed by atoms with Gasteiger partial charge in [-0.2, -0.15) is 0 Å². The Balaban J connectivity index is 1.34. The molecule has 1 N–H and O–H groups in total. The molecule has 0 saturated heterocycles. The lowest BCUT2D eigenvalue weighted by molar-refractivity contribution is 0.0675. The topological polar surface area (TPSA) is 68.1 Å². The molecule has 3 aromatic rings. The van der Waals surface area contributed by atoms with Gasteiger partial charge in [0.25, 0.3) is 0 Å². The second kappa shape index (κ2) is 7.98. The first-order chi connectivity index (χ1) is 13.6. The van der Waals surface area contributed by atoms with Gasteiger partial charge >= 0.3 is 6.03 Å². The van der Waals surface area contributed by atoms with Crippen molar-refractivity contribution in [2.75, 3.05) is 19.7 Å². The molecule has 0 spiro atoms. The Morgan fingerprint density at radius 1 is 1.29 bits per heavy atom. The Morgan fingerprint density at radius 2 is 2.11 bits per heavy atom. The van der Waals surface area contributed by atoms with E-state index in [0.29, 0.717) is 37.0 Å². The molecule has 0 aliphatic carbocycles. The van der Waals surface area contributed by atoms with Crippen LogP contribution in [0.2, 0.25) is 5.02 Å². The quantitative estimate of drug-likeness (QED) is 0.713. The molecule has 1 aromatic carbocycles. The van der Waals surface area contributed by atoms with Crippen LogP contribution in [0, 0.1) is 0 Å². The second-order valence-corrected chi connectivity index (χ2v) is 6.98. The number of likely N-dealkylation sites (N-methyl/N-ethyl adjacent to an activating group) is 1. The normalized spacial score (nSPS) is 15.4. The maximum absolute atomic E-state index is 12.6. The van der Waals surface area contributed by atoms with Crippen molar-refractivity contribution in [3.8, 4) is 11.5 Å². The molecule has 0 saturated carbocycles. The fourth-order valence-corrected chi connectivity index (χ4v) is 3.30. The van der Waals surface area contributed by atoms with E-state index in [2.05, 4.69) is 10.3 Å². The number of urea groups is 1. The predicted octanol–water partition coefficient (Wildman–Crippen LogP) is 3.36. The molecule has 1 unspecified atom stereocenters. The molecule has 8 heteroatoms. The van der Waals surface area contributed by atoms with E-state index in [0.717, 1.165) is 17.1 Å². The average molecular weight is 401 g/mol. The minimum atomic E-state index is -0.210. The van der Waals surface area contributed by atoms with Crippen LogP contribution in [0.4, 0.5) is 4.79 Å². The number of para-hydroxylation sites is 2. The summed E-state index contributed by atoms with van der Waals surface area (Å²) in [4.78, 5) is 18.8. The first kappa shape index (κ1) is 18.4. The van der Waals surface area contributed by atoms with Crippen LogP contribution in [-0.2, 0) is 6.54 Å². The molecule has 7 nitrogen and oxygen atoms in total. The molecule has 146 valence electrons. The lowest BCUT2D eigenvalue weighted by Crippen LogP contribution is -2.47. The van der Waals surface area contributed by atoms with Gasteiger partial charge in [-0.15, -0.1) is 0 Å². The van der Waals surface area contributed by atoms with Crippen molar-refractivity contribution in [2.24, 2.45) is 0 Å². The summed E-state index contributed by atoms with van der Waals surface area (Å²) in [5.74, 6) is 1.44. The number of rotatable bonds is 5. The number of nitrogens with one attached hydrogen (secondary N) is 1. The van der Waals surface area contributed by atoms with Crippen molar-refractivity contribution in [3.63, 3.8) is 0 Å². The third kappa shape index (κ3) is 3.99. The maximum Gasteiger partial charge on any atom is 0.317 e. The highest BCUT2D eigenvalue weighted by Gasteiger charge is 2.24. The number of carbonyl (C=O) groups excluding carboxylic acids is 1. The largest absolute Gasteiger partial charge is 0.486 e. The first-order valence-electron chi connectivity index (χ1n) is 9.17. The molecule has 0 fully saturated rings. The number of carbonyl (C=O) groups is 1. The van der Waals surface area contributed by atoms with Crippen LogP contribution in [0.15, 0.2) is 48.8 Å². The van der Waals surface area contributed by atoms with E-state index in [1.165, 1.54) is 0 Å². The molecule has 0 bridgehead atoms. The number of aromatic nitrogens is 2. The van der Waals surface area contributed by atoms with Gasteiger partial charge in [0.05, 0.1) is 23.8 Å². The SMILES string of the molecule is CCN(CC1COc2ccccc2O1)C(=O)NCc1cn2cc(Cl)ccc2n1. The number of hydrogen-bond acceptors (Lipinski definition) is 4. The number of halogens is 1. The van der Waals surface area contributed by atoms with Crippen LogP contribution in [0.25, 0.3) is 5.65 Å². The maximum atomic E-state index is 12.6. The molecule has 3 heterocycles. The smallest absolute Gasteiger partial charge is 0.317 e. The number of benzene rings is 1. The van der Waals surface area contributed by atoms with Gasteiger partial charge in [-0.3, -0.25) is 0 Å². The number of ether oxygens (including phenoxy) is 2. The van der Waals surface area contributed by atoms with Crippen LogP contribution in [0.1, 0.15) is 12.6 Å². The van der Waals surface area contributed by atoms with Crippen molar-refractivity contribution in [1.29, 1.82) is 0 Å². The molecule has 1 aliphatic heterocycles. The van der Waals surface area contributed by atoms with Gasteiger partial charge in [-0.05, 0) is 31.2 Å². The molecule has 0 radical (unpaired) electrons. The number of fused-ring (bicyclic) bond motifs is 2. The summed E-state index contributed by atoms with van der Waals surface area (Å²) in [6.07, 6.45) is 3.43. The van der Waals surface area contributed by atoms with Gasteiger partial charge < -0.3 is 24.1 Å². The zero-order chi connectivity index (χ0) is 19.5. The summed E-state index contributed by atoms with van der Waals surface area (Å²) in [7, 11) is 0. The van der Waals surface area contributed by atoms with Crippen LogP contribution in [0.5, 0.6) is 11.5 Å². The summed E-state index contributed by atoms with van der Waals surface area (Å²) in [5.41, 5.74) is 1.55. The number of amides is 2. The highest BCUT2D eigenvalue weighted by atomic mass is 35.5. The Hall–Kier alpha value is -2.93. The summed E-state index contributed by atoms with van der Waals surface area (Å²) in [5, 5.41) is 3.55. The van der Waals surface area contributed by atoms with Crippen molar-refractivity contribution >= 4 is 23.3 Å². The van der Waals surface area contributed by atoms with E-state index in [-0.39, 0.29) is 12.1 Å². The van der Waals surface area contributed by atoms with Crippen molar-refractivity contribution < 1.29 is 14.3 Å². The lowest BCUT2D eigenvalue weighted by Gasteiger charge is -2.30. The van der Waals surface area contributed by atoms with E-state index >= 15 is 0 Å². The zero-order valence-electron chi connectivity index (χ0n) is 15.5. The summed E-state index contributed by atoms with van der Waals surface area (Å²) in [6.45, 7) is 3.68. The molecule has 1 aliphatic rings. The highest BCUT2D eigenvalue weighted by Crippen LogP contribution is 2.31. The van der Waals surface area contributed by atoms with Gasteiger partial charge in [0, 0.05) is 18.9 Å². The fraction of sp³-hybridized carbons (Fsp3) is 0.300. The second-order valence-electron chi connectivity index (χ2n) is 6.54. The molecule has 1 atom stereocenters. The standard InChI is InChI=1S/C20H21ClN4O3/c1-2-24(12-16-13-27-17-5-3-4-6-18(17)28-16)20(26)22-9-15-11-25-10-14(21)7-8-19(25)23-15/h3-8,10-11,16H,2,9,12-13H2,1H3,(H,22,26). The number of nitrogens with zero attached hydrogens (tertiary/aromatic N) is 3. The van der Waals surface area contributed by atoms with Crippen LogP contribution >= 0.6 is 11.6 Å². The summed E-state index contributed by atoms with van der Waals surface area (Å²) < 4.78 is 13.5. The average Bonchev–Trinajstić information content (AvgIpc) is 3.12. The van der Waals surface area contributed by atoms with E-state index in [9.17, 15) is 4.79 Å². The minimum Gasteiger partial charge on any atom is -0.486 e. The van der Waals surface area contributed by atoms with Gasteiger partial charge in [-0.1, -0.05) is 23.7 Å². The van der Waals surface area contributed by atoms with Gasteiger partial charge in [-0.25, -0.2) is 9.78 Å². The molecular weight excluding hydrogens is 380 g/mol. The van der Waals surface area contributed by atoms with E-state index in [1.54, 1.807) is 17.2 Å². The Kier molecular flexibility index (Phi) is 5.25. The fourth-order valence-electron chi connectivity index (χ4n) is 3.13. The van der Waals surface area contributed by atoms with Crippen LogP contribution in [-0.4, -0.2) is 46.1 Å².